The van der Waals surface area contributed by atoms with Gasteiger partial charge in [-0.25, -0.2) is 19.3 Å². The summed E-state index contributed by atoms with van der Waals surface area (Å²) < 4.78 is 15.2. The SMILES string of the molecule is C1CCNC1.CC.CNc1nccc(-c2c(-c3ccc(F)cc3)nc3sccn23)n1. The highest BCUT2D eigenvalue weighted by Gasteiger charge is 2.18. The first-order chi connectivity index (χ1) is 14.8. The van der Waals surface area contributed by atoms with E-state index in [1.54, 1.807) is 36.7 Å². The topological polar surface area (TPSA) is 67.1 Å². The van der Waals surface area contributed by atoms with Crippen molar-refractivity contribution >= 4 is 22.2 Å². The van der Waals surface area contributed by atoms with Gasteiger partial charge in [0.05, 0.1) is 11.4 Å². The number of hydrogen-bond donors (Lipinski definition) is 2. The number of nitrogens with one attached hydrogen (secondary N) is 2. The second kappa shape index (κ2) is 10.8. The van der Waals surface area contributed by atoms with Gasteiger partial charge in [0.2, 0.25) is 5.95 Å². The number of nitrogens with zero attached hydrogens (tertiary/aromatic N) is 4. The van der Waals surface area contributed by atoms with Gasteiger partial charge in [-0.3, -0.25) is 4.40 Å². The van der Waals surface area contributed by atoms with Gasteiger partial charge in [0, 0.05) is 30.4 Å². The maximum Gasteiger partial charge on any atom is 0.222 e. The summed E-state index contributed by atoms with van der Waals surface area (Å²) in [4.78, 5) is 14.2. The summed E-state index contributed by atoms with van der Waals surface area (Å²) in [5.41, 5.74) is 3.25. The molecule has 0 amide bonds. The van der Waals surface area contributed by atoms with Crippen LogP contribution in [0, 0.1) is 5.82 Å². The Morgan fingerprint density at radius 1 is 1.07 bits per heavy atom. The van der Waals surface area contributed by atoms with Crippen molar-refractivity contribution in [2.75, 3.05) is 25.5 Å². The number of aromatic nitrogens is 4. The van der Waals surface area contributed by atoms with Crippen LogP contribution in [0.5, 0.6) is 0 Å². The zero-order valence-corrected chi connectivity index (χ0v) is 18.3. The third-order valence-corrected chi connectivity index (χ3v) is 5.22. The third-order valence-electron chi connectivity index (χ3n) is 4.46. The van der Waals surface area contributed by atoms with Crippen molar-refractivity contribution in [3.8, 4) is 22.6 Å². The second-order valence-electron chi connectivity index (χ2n) is 6.34. The smallest absolute Gasteiger partial charge is 0.222 e. The van der Waals surface area contributed by atoms with Crippen molar-refractivity contribution in [2.24, 2.45) is 0 Å². The molecule has 0 aliphatic carbocycles. The molecule has 2 N–H and O–H groups in total. The molecule has 0 bridgehead atoms. The van der Waals surface area contributed by atoms with Gasteiger partial charge in [0.1, 0.15) is 11.5 Å². The minimum Gasteiger partial charge on any atom is -0.357 e. The summed E-state index contributed by atoms with van der Waals surface area (Å²) in [6, 6.07) is 8.17. The molecule has 0 radical (unpaired) electrons. The number of anilines is 1. The Kier molecular flexibility index (Phi) is 7.87. The van der Waals surface area contributed by atoms with Crippen molar-refractivity contribution in [3.63, 3.8) is 0 Å². The monoisotopic (exact) mass is 426 g/mol. The van der Waals surface area contributed by atoms with Crippen molar-refractivity contribution in [1.82, 2.24) is 24.7 Å². The maximum absolute atomic E-state index is 13.2. The first kappa shape index (κ1) is 21.9. The van der Waals surface area contributed by atoms with E-state index >= 15 is 0 Å². The molecule has 6 nitrogen and oxygen atoms in total. The Morgan fingerprint density at radius 2 is 1.80 bits per heavy atom. The van der Waals surface area contributed by atoms with Gasteiger partial charge in [-0.15, -0.1) is 11.3 Å². The third kappa shape index (κ3) is 5.01. The Morgan fingerprint density at radius 3 is 2.43 bits per heavy atom. The van der Waals surface area contributed by atoms with Gasteiger partial charge in [0.15, 0.2) is 4.96 Å². The molecule has 1 aromatic carbocycles. The summed E-state index contributed by atoms with van der Waals surface area (Å²) in [6.07, 6.45) is 6.44. The van der Waals surface area contributed by atoms with E-state index in [4.69, 9.17) is 0 Å². The number of imidazole rings is 1. The minimum absolute atomic E-state index is 0.268. The molecule has 0 spiro atoms. The fourth-order valence-electron chi connectivity index (χ4n) is 3.08. The molecule has 0 atom stereocenters. The van der Waals surface area contributed by atoms with Gasteiger partial charge in [-0.2, -0.15) is 0 Å². The Bertz CT molecular complexity index is 1050. The molecule has 1 aliphatic rings. The van der Waals surface area contributed by atoms with Crippen molar-refractivity contribution in [1.29, 1.82) is 0 Å². The summed E-state index contributed by atoms with van der Waals surface area (Å²) in [6.45, 7) is 6.50. The molecular formula is C22H27FN6S. The zero-order valence-electron chi connectivity index (χ0n) is 17.5. The molecular weight excluding hydrogens is 399 g/mol. The Hall–Kier alpha value is -2.84. The first-order valence-corrected chi connectivity index (χ1v) is 11.1. The van der Waals surface area contributed by atoms with E-state index in [-0.39, 0.29) is 5.82 Å². The van der Waals surface area contributed by atoms with E-state index in [1.165, 1.54) is 38.1 Å². The Labute approximate surface area is 180 Å². The van der Waals surface area contributed by atoms with E-state index in [2.05, 4.69) is 25.6 Å². The number of thiazole rings is 1. The molecule has 1 aliphatic heterocycles. The van der Waals surface area contributed by atoms with Gasteiger partial charge in [-0.1, -0.05) is 13.8 Å². The van der Waals surface area contributed by atoms with Crippen LogP contribution in [-0.4, -0.2) is 39.5 Å². The lowest BCUT2D eigenvalue weighted by Crippen LogP contribution is -2.03. The molecule has 1 saturated heterocycles. The highest BCUT2D eigenvalue weighted by Crippen LogP contribution is 2.33. The van der Waals surface area contributed by atoms with Crippen LogP contribution in [0.4, 0.5) is 10.3 Å². The average Bonchev–Trinajstić information content (AvgIpc) is 3.55. The van der Waals surface area contributed by atoms with E-state index in [0.717, 1.165) is 27.6 Å². The van der Waals surface area contributed by atoms with E-state index in [0.29, 0.717) is 5.95 Å². The summed E-state index contributed by atoms with van der Waals surface area (Å²) in [5.74, 6) is 0.272. The van der Waals surface area contributed by atoms with Crippen molar-refractivity contribution in [2.45, 2.75) is 26.7 Å². The molecule has 0 unspecified atom stereocenters. The van der Waals surface area contributed by atoms with Crippen LogP contribution in [-0.2, 0) is 0 Å². The fraction of sp³-hybridized carbons (Fsp3) is 0.318. The fourth-order valence-corrected chi connectivity index (χ4v) is 3.79. The van der Waals surface area contributed by atoms with Gasteiger partial charge >= 0.3 is 0 Å². The number of benzene rings is 1. The number of rotatable bonds is 3. The molecule has 30 heavy (non-hydrogen) atoms. The van der Waals surface area contributed by atoms with Gasteiger partial charge in [-0.05, 0) is 56.3 Å². The van der Waals surface area contributed by atoms with Crippen molar-refractivity contribution < 1.29 is 4.39 Å². The van der Waals surface area contributed by atoms with Crippen LogP contribution in [0.1, 0.15) is 26.7 Å². The first-order valence-electron chi connectivity index (χ1n) is 10.2. The molecule has 4 aromatic rings. The molecule has 5 rings (SSSR count). The normalized spacial score (nSPS) is 12.7. The largest absolute Gasteiger partial charge is 0.357 e. The second-order valence-corrected chi connectivity index (χ2v) is 7.22. The predicted molar refractivity (Wildman–Crippen MR) is 122 cm³/mol. The lowest BCUT2D eigenvalue weighted by Gasteiger charge is -2.05. The van der Waals surface area contributed by atoms with E-state index < -0.39 is 0 Å². The number of halogens is 1. The molecule has 1 fully saturated rings. The number of hydrogen-bond acceptors (Lipinski definition) is 6. The van der Waals surface area contributed by atoms with Crippen LogP contribution >= 0.6 is 11.3 Å². The summed E-state index contributed by atoms with van der Waals surface area (Å²) in [7, 11) is 1.77. The lowest BCUT2D eigenvalue weighted by atomic mass is 10.1. The summed E-state index contributed by atoms with van der Waals surface area (Å²) in [5, 5.41) is 8.13. The number of fused-ring (bicyclic) bond motifs is 1. The van der Waals surface area contributed by atoms with Gasteiger partial charge < -0.3 is 10.6 Å². The van der Waals surface area contributed by atoms with E-state index in [1.807, 2.05) is 35.9 Å². The predicted octanol–water partition coefficient (Wildman–Crippen LogP) is 5.10. The molecule has 8 heteroatoms. The van der Waals surface area contributed by atoms with Crippen LogP contribution in [0.15, 0.2) is 48.1 Å². The highest BCUT2D eigenvalue weighted by atomic mass is 32.1. The van der Waals surface area contributed by atoms with Gasteiger partial charge in [0.25, 0.3) is 0 Å². The molecule has 4 heterocycles. The lowest BCUT2D eigenvalue weighted by molar-refractivity contribution is 0.628. The summed E-state index contributed by atoms with van der Waals surface area (Å²) >= 11 is 1.54. The molecule has 158 valence electrons. The quantitative estimate of drug-likeness (QED) is 0.477. The molecule has 3 aromatic heterocycles. The Balaban J connectivity index is 0.000000316. The highest BCUT2D eigenvalue weighted by molar-refractivity contribution is 7.15. The maximum atomic E-state index is 13.2. The van der Waals surface area contributed by atoms with Crippen LogP contribution in [0.25, 0.3) is 27.6 Å². The van der Waals surface area contributed by atoms with Crippen molar-refractivity contribution in [3.05, 3.63) is 53.9 Å². The van der Waals surface area contributed by atoms with Crippen LogP contribution in [0.3, 0.4) is 0 Å². The molecule has 0 saturated carbocycles. The minimum atomic E-state index is -0.268. The standard InChI is InChI=1S/C16H12FN5S.C4H9N.C2H6/c1-18-15-19-7-6-12(20-15)14-13(10-2-4-11(17)5-3-10)21-16-22(14)8-9-23-16;1-2-4-5-3-1;1-2/h2-9H,1H3,(H,18,19,20);5H,1-4H2;1-2H3. The zero-order chi connectivity index (χ0) is 21.3. The van der Waals surface area contributed by atoms with E-state index in [9.17, 15) is 4.39 Å². The average molecular weight is 427 g/mol. The van der Waals surface area contributed by atoms with Crippen LogP contribution < -0.4 is 10.6 Å². The van der Waals surface area contributed by atoms with Crippen LogP contribution in [0.2, 0.25) is 0 Å².